The number of carboxylic acid groups (broad SMARTS) is 1. The summed E-state index contributed by atoms with van der Waals surface area (Å²) in [4.78, 5) is 10.6. The minimum absolute atomic E-state index is 0.122. The molecule has 0 radical (unpaired) electrons. The normalized spacial score (nSPS) is 12.8. The summed E-state index contributed by atoms with van der Waals surface area (Å²) < 4.78 is 38.3. The van der Waals surface area contributed by atoms with Crippen LogP contribution in [-0.4, -0.2) is 11.1 Å². The Labute approximate surface area is 97.1 Å². The Balaban J connectivity index is 3.02. The zero-order valence-electron chi connectivity index (χ0n) is 9.51. The van der Waals surface area contributed by atoms with E-state index in [1.807, 2.05) is 0 Å². The van der Waals surface area contributed by atoms with Gasteiger partial charge in [0.25, 0.3) is 6.43 Å². The van der Waals surface area contributed by atoms with Crippen LogP contribution in [0.3, 0.4) is 0 Å². The van der Waals surface area contributed by atoms with Gasteiger partial charge in [0.1, 0.15) is 5.82 Å². The monoisotopic (exact) mass is 246 g/mol. The summed E-state index contributed by atoms with van der Waals surface area (Å²) in [5, 5.41) is 8.71. The van der Waals surface area contributed by atoms with Crippen LogP contribution in [0.4, 0.5) is 13.2 Å². The number of hydrogen-bond acceptors (Lipinski definition) is 1. The van der Waals surface area contributed by atoms with Gasteiger partial charge in [-0.05, 0) is 30.5 Å². The van der Waals surface area contributed by atoms with Gasteiger partial charge in [-0.15, -0.1) is 0 Å². The third kappa shape index (κ3) is 3.22. The topological polar surface area (TPSA) is 37.3 Å². The minimum atomic E-state index is -2.86. The zero-order chi connectivity index (χ0) is 13.2. The van der Waals surface area contributed by atoms with Crippen LogP contribution in [0.2, 0.25) is 0 Å². The molecule has 17 heavy (non-hydrogen) atoms. The molecule has 1 atom stereocenters. The van der Waals surface area contributed by atoms with E-state index in [1.54, 1.807) is 0 Å². The molecule has 1 N–H and O–H groups in total. The summed E-state index contributed by atoms with van der Waals surface area (Å²) in [5.74, 6) is -2.65. The van der Waals surface area contributed by atoms with Crippen LogP contribution < -0.4 is 0 Å². The van der Waals surface area contributed by atoms with Crippen LogP contribution in [0.15, 0.2) is 12.1 Å². The number of rotatable bonds is 4. The third-order valence-corrected chi connectivity index (χ3v) is 2.58. The summed E-state index contributed by atoms with van der Waals surface area (Å²) in [5.41, 5.74) is -0.0522. The summed E-state index contributed by atoms with van der Waals surface area (Å²) in [7, 11) is 0. The fraction of sp³-hybridized carbons (Fsp3) is 0.417. The number of benzene rings is 1. The number of halogens is 3. The smallest absolute Gasteiger partial charge is 0.306 e. The summed E-state index contributed by atoms with van der Waals surface area (Å²) >= 11 is 0. The van der Waals surface area contributed by atoms with Crippen molar-refractivity contribution in [3.8, 4) is 0 Å². The van der Waals surface area contributed by atoms with E-state index >= 15 is 0 Å². The SMILES string of the molecule is Cc1cc(CC(C)C(=O)O)cc(F)c1C(F)F. The Morgan fingerprint density at radius 2 is 2.00 bits per heavy atom. The van der Waals surface area contributed by atoms with Gasteiger partial charge in [-0.25, -0.2) is 13.2 Å². The second-order valence-corrected chi connectivity index (χ2v) is 4.05. The number of alkyl halides is 2. The van der Waals surface area contributed by atoms with Crippen LogP contribution >= 0.6 is 0 Å². The molecule has 1 unspecified atom stereocenters. The van der Waals surface area contributed by atoms with Crippen molar-refractivity contribution in [2.45, 2.75) is 26.7 Å². The van der Waals surface area contributed by atoms with Gasteiger partial charge in [0.15, 0.2) is 0 Å². The van der Waals surface area contributed by atoms with E-state index in [9.17, 15) is 18.0 Å². The van der Waals surface area contributed by atoms with E-state index in [-0.39, 0.29) is 12.0 Å². The van der Waals surface area contributed by atoms with Gasteiger partial charge in [-0.1, -0.05) is 13.0 Å². The number of aliphatic carboxylic acids is 1. The van der Waals surface area contributed by atoms with Crippen molar-refractivity contribution < 1.29 is 23.1 Å². The molecular formula is C12H13F3O2. The molecule has 1 aromatic rings. The van der Waals surface area contributed by atoms with Gasteiger partial charge >= 0.3 is 5.97 Å². The highest BCUT2D eigenvalue weighted by atomic mass is 19.3. The Bertz CT molecular complexity index is 407. The predicted molar refractivity (Wildman–Crippen MR) is 56.6 cm³/mol. The fourth-order valence-corrected chi connectivity index (χ4v) is 1.66. The lowest BCUT2D eigenvalue weighted by Gasteiger charge is -2.11. The van der Waals surface area contributed by atoms with E-state index in [0.717, 1.165) is 6.07 Å². The molecule has 0 saturated heterocycles. The zero-order valence-corrected chi connectivity index (χ0v) is 9.51. The largest absolute Gasteiger partial charge is 0.481 e. The number of carboxylic acids is 1. The maximum Gasteiger partial charge on any atom is 0.306 e. The van der Waals surface area contributed by atoms with Gasteiger partial charge in [0.2, 0.25) is 0 Å². The molecule has 0 fully saturated rings. The first-order chi connectivity index (χ1) is 7.82. The molecule has 2 nitrogen and oxygen atoms in total. The standard InChI is InChI=1S/C12H13F3O2/c1-6-3-8(4-7(2)12(16)17)5-9(13)10(6)11(14)15/h3,5,7,11H,4H2,1-2H3,(H,16,17). The fourth-order valence-electron chi connectivity index (χ4n) is 1.66. The highest BCUT2D eigenvalue weighted by Crippen LogP contribution is 2.27. The highest BCUT2D eigenvalue weighted by Gasteiger charge is 2.19. The molecule has 0 spiro atoms. The molecule has 0 bridgehead atoms. The second kappa shape index (κ2) is 5.21. The minimum Gasteiger partial charge on any atom is -0.481 e. The molecule has 0 aromatic heterocycles. The van der Waals surface area contributed by atoms with Crippen molar-refractivity contribution in [1.29, 1.82) is 0 Å². The van der Waals surface area contributed by atoms with E-state index in [2.05, 4.69) is 0 Å². The first-order valence-corrected chi connectivity index (χ1v) is 5.12. The Kier molecular flexibility index (Phi) is 4.15. The van der Waals surface area contributed by atoms with Crippen molar-refractivity contribution in [1.82, 2.24) is 0 Å². The molecule has 0 amide bonds. The van der Waals surface area contributed by atoms with Crippen LogP contribution in [0, 0.1) is 18.7 Å². The first kappa shape index (κ1) is 13.5. The average molecular weight is 246 g/mol. The lowest BCUT2D eigenvalue weighted by atomic mass is 9.97. The van der Waals surface area contributed by atoms with Gasteiger partial charge in [-0.2, -0.15) is 0 Å². The lowest BCUT2D eigenvalue weighted by Crippen LogP contribution is -2.12. The Morgan fingerprint density at radius 3 is 2.41 bits per heavy atom. The third-order valence-electron chi connectivity index (χ3n) is 2.58. The number of aryl methyl sites for hydroxylation is 1. The first-order valence-electron chi connectivity index (χ1n) is 5.12. The van der Waals surface area contributed by atoms with Crippen molar-refractivity contribution in [2.75, 3.05) is 0 Å². The Morgan fingerprint density at radius 1 is 1.41 bits per heavy atom. The number of carbonyl (C=O) groups is 1. The predicted octanol–water partition coefficient (Wildman–Crippen LogP) is 3.33. The molecular weight excluding hydrogens is 233 g/mol. The van der Waals surface area contributed by atoms with Crippen LogP contribution in [-0.2, 0) is 11.2 Å². The average Bonchev–Trinajstić information content (AvgIpc) is 2.15. The van der Waals surface area contributed by atoms with Gasteiger partial charge in [-0.3, -0.25) is 4.79 Å². The molecule has 5 heteroatoms. The summed E-state index contributed by atoms with van der Waals surface area (Å²) in [6.45, 7) is 2.87. The summed E-state index contributed by atoms with van der Waals surface area (Å²) in [6.07, 6.45) is -2.74. The maximum atomic E-state index is 13.4. The molecule has 0 aliphatic heterocycles. The molecule has 94 valence electrons. The van der Waals surface area contributed by atoms with E-state index in [1.165, 1.54) is 19.9 Å². The molecule has 1 aromatic carbocycles. The van der Waals surface area contributed by atoms with Gasteiger partial charge in [0.05, 0.1) is 11.5 Å². The van der Waals surface area contributed by atoms with Crippen molar-refractivity contribution in [3.63, 3.8) is 0 Å². The van der Waals surface area contributed by atoms with E-state index in [0.29, 0.717) is 5.56 Å². The quantitative estimate of drug-likeness (QED) is 0.884. The second-order valence-electron chi connectivity index (χ2n) is 4.05. The molecule has 1 rings (SSSR count). The highest BCUT2D eigenvalue weighted by molar-refractivity contribution is 5.69. The van der Waals surface area contributed by atoms with Crippen LogP contribution in [0.5, 0.6) is 0 Å². The van der Waals surface area contributed by atoms with Crippen molar-refractivity contribution in [2.24, 2.45) is 5.92 Å². The molecule has 0 aliphatic rings. The van der Waals surface area contributed by atoms with Crippen molar-refractivity contribution >= 4 is 5.97 Å². The molecule has 0 heterocycles. The van der Waals surface area contributed by atoms with E-state index < -0.39 is 29.7 Å². The van der Waals surface area contributed by atoms with Crippen molar-refractivity contribution in [3.05, 3.63) is 34.6 Å². The maximum absolute atomic E-state index is 13.4. The number of hydrogen-bond donors (Lipinski definition) is 1. The lowest BCUT2D eigenvalue weighted by molar-refractivity contribution is -0.141. The van der Waals surface area contributed by atoms with Crippen LogP contribution in [0.1, 0.15) is 30.0 Å². The molecule has 0 saturated carbocycles. The van der Waals surface area contributed by atoms with E-state index in [4.69, 9.17) is 5.11 Å². The van der Waals surface area contributed by atoms with Crippen LogP contribution in [0.25, 0.3) is 0 Å². The van der Waals surface area contributed by atoms with Gasteiger partial charge in [0, 0.05) is 0 Å². The Hall–Kier alpha value is -1.52. The van der Waals surface area contributed by atoms with Gasteiger partial charge < -0.3 is 5.11 Å². The summed E-state index contributed by atoms with van der Waals surface area (Å²) in [6, 6.07) is 2.39. The molecule has 0 aliphatic carbocycles.